The third-order valence-electron chi connectivity index (χ3n) is 4.50. The summed E-state index contributed by atoms with van der Waals surface area (Å²) < 4.78 is 12.8. The largest absolute Gasteiger partial charge is 0.497 e. The second-order valence-corrected chi connectivity index (χ2v) is 7.71. The highest BCUT2D eigenvalue weighted by molar-refractivity contribution is 7.99. The first-order valence-electron chi connectivity index (χ1n) is 9.97. The van der Waals surface area contributed by atoms with Gasteiger partial charge in [0.25, 0.3) is 5.91 Å². The Morgan fingerprint density at radius 3 is 2.34 bits per heavy atom. The number of aromatic nitrogens is 3. The van der Waals surface area contributed by atoms with Crippen molar-refractivity contribution in [1.29, 1.82) is 0 Å². The zero-order valence-electron chi connectivity index (χ0n) is 18.1. The summed E-state index contributed by atoms with van der Waals surface area (Å²) in [6, 6.07) is 14.3. The fourth-order valence-corrected chi connectivity index (χ4v) is 3.56. The second-order valence-electron chi connectivity index (χ2n) is 6.76. The van der Waals surface area contributed by atoms with Gasteiger partial charge in [-0.2, -0.15) is 0 Å². The summed E-state index contributed by atoms with van der Waals surface area (Å²) in [6.07, 6.45) is 0. The van der Waals surface area contributed by atoms with Crippen LogP contribution in [0.5, 0.6) is 11.5 Å². The molecule has 0 unspecified atom stereocenters. The first-order chi connectivity index (χ1) is 15.5. The highest BCUT2D eigenvalue weighted by atomic mass is 32.2. The normalized spacial score (nSPS) is 10.5. The quantitative estimate of drug-likeness (QED) is 0.377. The van der Waals surface area contributed by atoms with Crippen LogP contribution in [0.1, 0.15) is 28.7 Å². The summed E-state index contributed by atoms with van der Waals surface area (Å²) in [5.74, 6) is 1.44. The van der Waals surface area contributed by atoms with Gasteiger partial charge in [-0.25, -0.2) is 0 Å². The molecule has 10 heteroatoms. The average molecular weight is 456 g/mol. The molecule has 0 bridgehead atoms. The number of hydrogen-bond donors (Lipinski definition) is 2. The molecule has 1 aromatic heterocycles. The molecule has 0 saturated heterocycles. The van der Waals surface area contributed by atoms with Crippen LogP contribution < -0.4 is 20.3 Å². The number of benzene rings is 2. The van der Waals surface area contributed by atoms with Gasteiger partial charge in [-0.1, -0.05) is 29.5 Å². The summed E-state index contributed by atoms with van der Waals surface area (Å²) in [7, 11) is 1.61. The van der Waals surface area contributed by atoms with Crippen LogP contribution in [0.15, 0.2) is 53.7 Å². The molecule has 0 aliphatic carbocycles. The van der Waals surface area contributed by atoms with Crippen LogP contribution in [0.3, 0.4) is 0 Å². The molecular formula is C22H25N5O4S. The van der Waals surface area contributed by atoms with Gasteiger partial charge in [0.15, 0.2) is 11.0 Å². The number of aryl methyl sites for hydroxylation is 1. The number of amides is 2. The summed E-state index contributed by atoms with van der Waals surface area (Å²) in [4.78, 5) is 24.2. The molecule has 0 aliphatic rings. The van der Waals surface area contributed by atoms with E-state index in [0.717, 1.165) is 11.3 Å². The molecule has 3 rings (SSSR count). The fraction of sp³-hybridized carbons (Fsp3) is 0.273. The Kier molecular flexibility index (Phi) is 8.09. The molecule has 0 spiro atoms. The van der Waals surface area contributed by atoms with Crippen LogP contribution in [0.25, 0.3) is 0 Å². The molecule has 168 valence electrons. The SMILES string of the molecule is CCn1c(COc2ccc(OC)cc2)nnc1SCC(=O)NNC(=O)c1ccc(C)cc1. The van der Waals surface area contributed by atoms with E-state index < -0.39 is 0 Å². The van der Waals surface area contributed by atoms with Crippen molar-refractivity contribution in [3.05, 3.63) is 65.5 Å². The van der Waals surface area contributed by atoms with Crippen molar-refractivity contribution in [3.8, 4) is 11.5 Å². The highest BCUT2D eigenvalue weighted by Gasteiger charge is 2.14. The number of rotatable bonds is 9. The van der Waals surface area contributed by atoms with Gasteiger partial charge in [-0.3, -0.25) is 20.4 Å². The third-order valence-corrected chi connectivity index (χ3v) is 5.47. The van der Waals surface area contributed by atoms with Crippen molar-refractivity contribution >= 4 is 23.6 Å². The van der Waals surface area contributed by atoms with Crippen LogP contribution in [0.2, 0.25) is 0 Å². The van der Waals surface area contributed by atoms with E-state index in [4.69, 9.17) is 9.47 Å². The molecular weight excluding hydrogens is 430 g/mol. The van der Waals surface area contributed by atoms with Crippen molar-refractivity contribution in [2.75, 3.05) is 12.9 Å². The Balaban J connectivity index is 1.49. The minimum absolute atomic E-state index is 0.0750. The number of hydrazine groups is 1. The molecule has 2 aromatic carbocycles. The zero-order chi connectivity index (χ0) is 22.9. The summed E-state index contributed by atoms with van der Waals surface area (Å²) in [5.41, 5.74) is 6.35. The van der Waals surface area contributed by atoms with Gasteiger partial charge in [0.1, 0.15) is 18.1 Å². The zero-order valence-corrected chi connectivity index (χ0v) is 18.9. The Hall–Kier alpha value is -3.53. The lowest BCUT2D eigenvalue weighted by Gasteiger charge is -2.10. The summed E-state index contributed by atoms with van der Waals surface area (Å²) in [6.45, 7) is 4.77. The number of carbonyl (C=O) groups excluding carboxylic acids is 2. The molecule has 32 heavy (non-hydrogen) atoms. The van der Waals surface area contributed by atoms with Crippen molar-refractivity contribution in [2.45, 2.75) is 32.2 Å². The van der Waals surface area contributed by atoms with Gasteiger partial charge in [0.2, 0.25) is 5.91 Å². The number of methoxy groups -OCH3 is 1. The molecule has 2 N–H and O–H groups in total. The predicted molar refractivity (Wildman–Crippen MR) is 121 cm³/mol. The van der Waals surface area contributed by atoms with Crippen LogP contribution in [-0.2, 0) is 17.9 Å². The Morgan fingerprint density at radius 1 is 1.00 bits per heavy atom. The second kappa shape index (κ2) is 11.2. The Morgan fingerprint density at radius 2 is 1.69 bits per heavy atom. The maximum Gasteiger partial charge on any atom is 0.269 e. The van der Waals surface area contributed by atoms with Gasteiger partial charge >= 0.3 is 0 Å². The standard InChI is InChI=1S/C22H25N5O4S/c1-4-27-19(13-31-18-11-9-17(30-3)10-12-18)23-26-22(27)32-14-20(28)24-25-21(29)16-7-5-15(2)6-8-16/h5-12H,4,13-14H2,1-3H3,(H,24,28)(H,25,29). The molecule has 9 nitrogen and oxygen atoms in total. The molecule has 0 atom stereocenters. The highest BCUT2D eigenvalue weighted by Crippen LogP contribution is 2.20. The summed E-state index contributed by atoms with van der Waals surface area (Å²) in [5, 5.41) is 8.93. The van der Waals surface area contributed by atoms with Gasteiger partial charge in [-0.15, -0.1) is 10.2 Å². The van der Waals surface area contributed by atoms with Gasteiger partial charge in [0, 0.05) is 12.1 Å². The van der Waals surface area contributed by atoms with E-state index in [1.54, 1.807) is 19.2 Å². The Labute approximate surface area is 190 Å². The van der Waals surface area contributed by atoms with E-state index in [9.17, 15) is 9.59 Å². The topological polar surface area (TPSA) is 107 Å². The number of carbonyl (C=O) groups is 2. The molecule has 0 radical (unpaired) electrons. The van der Waals surface area contributed by atoms with E-state index in [2.05, 4.69) is 21.0 Å². The lowest BCUT2D eigenvalue weighted by molar-refractivity contribution is -0.119. The maximum absolute atomic E-state index is 12.1. The van der Waals surface area contributed by atoms with Crippen LogP contribution in [-0.4, -0.2) is 39.4 Å². The number of ether oxygens (including phenoxy) is 2. The van der Waals surface area contributed by atoms with E-state index >= 15 is 0 Å². The maximum atomic E-state index is 12.1. The molecule has 2 amide bonds. The number of nitrogens with zero attached hydrogens (tertiary/aromatic N) is 3. The molecule has 0 fully saturated rings. The van der Waals surface area contributed by atoms with Gasteiger partial charge in [-0.05, 0) is 50.2 Å². The van der Waals surface area contributed by atoms with Crippen molar-refractivity contribution in [1.82, 2.24) is 25.6 Å². The molecule has 0 aliphatic heterocycles. The summed E-state index contributed by atoms with van der Waals surface area (Å²) >= 11 is 1.23. The molecule has 0 saturated carbocycles. The van der Waals surface area contributed by atoms with Gasteiger partial charge in [0.05, 0.1) is 12.9 Å². The number of nitrogens with one attached hydrogen (secondary N) is 2. The minimum Gasteiger partial charge on any atom is -0.497 e. The van der Waals surface area contributed by atoms with Crippen molar-refractivity contribution in [3.63, 3.8) is 0 Å². The van der Waals surface area contributed by atoms with Crippen LogP contribution in [0.4, 0.5) is 0 Å². The van der Waals surface area contributed by atoms with E-state index in [0.29, 0.717) is 28.8 Å². The van der Waals surface area contributed by atoms with E-state index in [1.165, 1.54) is 11.8 Å². The van der Waals surface area contributed by atoms with Crippen molar-refractivity contribution in [2.24, 2.45) is 0 Å². The lowest BCUT2D eigenvalue weighted by Crippen LogP contribution is -2.42. The van der Waals surface area contributed by atoms with Crippen molar-refractivity contribution < 1.29 is 19.1 Å². The third kappa shape index (κ3) is 6.24. The van der Waals surface area contributed by atoms with E-state index in [-0.39, 0.29) is 24.2 Å². The monoisotopic (exact) mass is 455 g/mol. The number of thioether (sulfide) groups is 1. The Bertz CT molecular complexity index is 1050. The molecule has 3 aromatic rings. The smallest absolute Gasteiger partial charge is 0.269 e. The fourth-order valence-electron chi connectivity index (χ4n) is 2.74. The first kappa shape index (κ1) is 23.1. The predicted octanol–water partition coefficient (Wildman–Crippen LogP) is 2.75. The van der Waals surface area contributed by atoms with Gasteiger partial charge < -0.3 is 14.0 Å². The first-order valence-corrected chi connectivity index (χ1v) is 11.0. The van der Waals surface area contributed by atoms with E-state index in [1.807, 2.05) is 54.8 Å². The van der Waals surface area contributed by atoms with Crippen LogP contribution >= 0.6 is 11.8 Å². The molecule has 1 heterocycles. The lowest BCUT2D eigenvalue weighted by atomic mass is 10.1. The number of hydrogen-bond acceptors (Lipinski definition) is 7. The minimum atomic E-state index is -0.377. The average Bonchev–Trinajstić information content (AvgIpc) is 3.22. The van der Waals surface area contributed by atoms with Crippen LogP contribution in [0, 0.1) is 6.92 Å².